The number of pyridine rings is 1. The molecule has 34 heavy (non-hydrogen) atoms. The molecule has 0 aliphatic heterocycles. The highest BCUT2D eigenvalue weighted by Crippen LogP contribution is 2.28. The summed E-state index contributed by atoms with van der Waals surface area (Å²) in [6.45, 7) is 2.02. The van der Waals surface area contributed by atoms with E-state index < -0.39 is 11.9 Å². The molecular formula is C26H23N3O5. The van der Waals surface area contributed by atoms with Crippen LogP contribution in [0.1, 0.15) is 39.6 Å². The van der Waals surface area contributed by atoms with Gasteiger partial charge in [-0.25, -0.2) is 9.59 Å². The fourth-order valence-corrected chi connectivity index (χ4v) is 3.70. The Morgan fingerprint density at radius 3 is 2.44 bits per heavy atom. The molecule has 0 unspecified atom stereocenters. The number of aromatic nitrogens is 2. The second-order valence-corrected chi connectivity index (χ2v) is 7.62. The van der Waals surface area contributed by atoms with Gasteiger partial charge in [0, 0.05) is 41.8 Å². The Balaban J connectivity index is 1.58. The van der Waals surface area contributed by atoms with Gasteiger partial charge in [-0.15, -0.1) is 0 Å². The third kappa shape index (κ3) is 4.96. The SMILES string of the molecule is CCOC(=O)c1ccc(-n2cc(C(=O)O)c3cc(NC(=O)CCc4ccncc4)ccc32)cc1. The van der Waals surface area contributed by atoms with Crippen molar-refractivity contribution in [3.8, 4) is 5.69 Å². The molecule has 0 aliphatic carbocycles. The predicted octanol–water partition coefficient (Wildman–Crippen LogP) is 4.47. The number of aromatic carboxylic acids is 1. The van der Waals surface area contributed by atoms with Crippen LogP contribution < -0.4 is 5.32 Å². The summed E-state index contributed by atoms with van der Waals surface area (Å²) in [5, 5.41) is 13.1. The van der Waals surface area contributed by atoms with Crippen LogP contribution in [0.5, 0.6) is 0 Å². The second kappa shape index (κ2) is 9.99. The Morgan fingerprint density at radius 2 is 1.76 bits per heavy atom. The number of ether oxygens (including phenoxy) is 1. The van der Waals surface area contributed by atoms with Crippen molar-refractivity contribution in [2.24, 2.45) is 0 Å². The summed E-state index contributed by atoms with van der Waals surface area (Å²) in [6, 6.07) is 15.6. The third-order valence-electron chi connectivity index (χ3n) is 5.37. The Bertz CT molecular complexity index is 1340. The number of amides is 1. The number of carboxylic acids is 1. The molecule has 0 radical (unpaired) electrons. The molecule has 2 N–H and O–H groups in total. The van der Waals surface area contributed by atoms with Gasteiger partial charge in [0.05, 0.1) is 23.3 Å². The average molecular weight is 457 g/mol. The maximum atomic E-state index is 12.4. The molecule has 172 valence electrons. The number of fused-ring (bicyclic) bond motifs is 1. The number of rotatable bonds is 8. The first-order valence-electron chi connectivity index (χ1n) is 10.8. The first-order chi connectivity index (χ1) is 16.5. The van der Waals surface area contributed by atoms with Crippen LogP contribution in [0.25, 0.3) is 16.6 Å². The lowest BCUT2D eigenvalue weighted by molar-refractivity contribution is -0.116. The molecule has 0 atom stereocenters. The number of nitrogens with one attached hydrogen (secondary N) is 1. The first kappa shape index (κ1) is 22.7. The zero-order valence-corrected chi connectivity index (χ0v) is 18.5. The van der Waals surface area contributed by atoms with E-state index in [4.69, 9.17) is 4.74 Å². The van der Waals surface area contributed by atoms with E-state index in [0.29, 0.717) is 40.7 Å². The molecule has 8 heteroatoms. The molecule has 4 rings (SSSR count). The Hall–Kier alpha value is -4.46. The number of esters is 1. The molecule has 2 aromatic heterocycles. The Morgan fingerprint density at radius 1 is 1.03 bits per heavy atom. The van der Waals surface area contributed by atoms with Crippen molar-refractivity contribution in [3.05, 3.63) is 89.9 Å². The maximum Gasteiger partial charge on any atom is 0.338 e. The molecule has 0 fully saturated rings. The van der Waals surface area contributed by atoms with Crippen LogP contribution >= 0.6 is 0 Å². The summed E-state index contributed by atoms with van der Waals surface area (Å²) >= 11 is 0. The van der Waals surface area contributed by atoms with Crippen molar-refractivity contribution in [3.63, 3.8) is 0 Å². The van der Waals surface area contributed by atoms with Gasteiger partial charge in [-0.2, -0.15) is 0 Å². The van der Waals surface area contributed by atoms with Gasteiger partial charge in [0.1, 0.15) is 0 Å². The fourth-order valence-electron chi connectivity index (χ4n) is 3.70. The Labute approximate surface area is 195 Å². The number of carboxylic acid groups (broad SMARTS) is 1. The third-order valence-corrected chi connectivity index (χ3v) is 5.37. The average Bonchev–Trinajstić information content (AvgIpc) is 3.23. The zero-order chi connectivity index (χ0) is 24.1. The number of carbonyl (C=O) groups excluding carboxylic acids is 2. The lowest BCUT2D eigenvalue weighted by Crippen LogP contribution is -2.12. The fraction of sp³-hybridized carbons (Fsp3) is 0.154. The van der Waals surface area contributed by atoms with Crippen LogP contribution in [-0.2, 0) is 16.0 Å². The minimum Gasteiger partial charge on any atom is -0.478 e. The molecule has 0 saturated heterocycles. The molecule has 0 bridgehead atoms. The van der Waals surface area contributed by atoms with Gasteiger partial charge >= 0.3 is 11.9 Å². The molecule has 1 amide bonds. The van der Waals surface area contributed by atoms with E-state index in [2.05, 4.69) is 10.3 Å². The van der Waals surface area contributed by atoms with Crippen molar-refractivity contribution < 1.29 is 24.2 Å². The predicted molar refractivity (Wildman–Crippen MR) is 127 cm³/mol. The van der Waals surface area contributed by atoms with Crippen LogP contribution in [0.4, 0.5) is 5.69 Å². The van der Waals surface area contributed by atoms with Crippen molar-refractivity contribution in [1.82, 2.24) is 9.55 Å². The molecule has 0 saturated carbocycles. The maximum absolute atomic E-state index is 12.4. The van der Waals surface area contributed by atoms with Crippen LogP contribution in [-0.4, -0.2) is 39.1 Å². The van der Waals surface area contributed by atoms with E-state index in [1.807, 2.05) is 12.1 Å². The normalized spacial score (nSPS) is 10.7. The summed E-state index contributed by atoms with van der Waals surface area (Å²) < 4.78 is 6.74. The van der Waals surface area contributed by atoms with Gasteiger partial charge in [0.15, 0.2) is 0 Å². The second-order valence-electron chi connectivity index (χ2n) is 7.62. The van der Waals surface area contributed by atoms with Crippen LogP contribution in [0, 0.1) is 0 Å². The number of benzene rings is 2. The van der Waals surface area contributed by atoms with E-state index in [1.165, 1.54) is 6.20 Å². The van der Waals surface area contributed by atoms with Crippen molar-refractivity contribution >= 4 is 34.4 Å². The highest BCUT2D eigenvalue weighted by molar-refractivity contribution is 6.06. The Kier molecular flexibility index (Phi) is 6.68. The summed E-state index contributed by atoms with van der Waals surface area (Å²) in [7, 11) is 0. The molecule has 2 aromatic carbocycles. The summed E-state index contributed by atoms with van der Waals surface area (Å²) in [4.78, 5) is 40.2. The van der Waals surface area contributed by atoms with Gasteiger partial charge < -0.3 is 19.7 Å². The van der Waals surface area contributed by atoms with Gasteiger partial charge in [0.2, 0.25) is 5.91 Å². The molecular weight excluding hydrogens is 434 g/mol. The molecule has 2 heterocycles. The van der Waals surface area contributed by atoms with Crippen molar-refractivity contribution in [2.75, 3.05) is 11.9 Å². The summed E-state index contributed by atoms with van der Waals surface area (Å²) in [5.74, 6) is -1.66. The quantitative estimate of drug-likeness (QED) is 0.378. The number of hydrogen-bond donors (Lipinski definition) is 2. The minimum atomic E-state index is -1.08. The smallest absolute Gasteiger partial charge is 0.338 e. The van der Waals surface area contributed by atoms with Gasteiger partial charge in [-0.3, -0.25) is 9.78 Å². The van der Waals surface area contributed by atoms with Gasteiger partial charge in [0.25, 0.3) is 0 Å². The largest absolute Gasteiger partial charge is 0.478 e. The van der Waals surface area contributed by atoms with Crippen LogP contribution in [0.15, 0.2) is 73.2 Å². The number of carbonyl (C=O) groups is 3. The highest BCUT2D eigenvalue weighted by atomic mass is 16.5. The number of nitrogens with zero attached hydrogens (tertiary/aromatic N) is 2. The zero-order valence-electron chi connectivity index (χ0n) is 18.5. The van der Waals surface area contributed by atoms with Gasteiger partial charge in [-0.05, 0) is 73.5 Å². The van der Waals surface area contributed by atoms with Gasteiger partial charge in [-0.1, -0.05) is 0 Å². The van der Waals surface area contributed by atoms with E-state index in [9.17, 15) is 19.5 Å². The van der Waals surface area contributed by atoms with Crippen molar-refractivity contribution in [1.29, 1.82) is 0 Å². The standard InChI is InChI=1S/C26H23N3O5/c1-2-34-26(33)18-4-7-20(8-5-18)29-16-22(25(31)32)21-15-19(6-9-23(21)29)28-24(30)10-3-17-11-13-27-14-12-17/h4-9,11-16H,2-3,10H2,1H3,(H,28,30)(H,31,32). The molecule has 4 aromatic rings. The first-order valence-corrected chi connectivity index (χ1v) is 10.8. The van der Waals surface area contributed by atoms with Crippen LogP contribution in [0.2, 0.25) is 0 Å². The van der Waals surface area contributed by atoms with E-state index >= 15 is 0 Å². The van der Waals surface area contributed by atoms with E-state index in [0.717, 1.165) is 5.56 Å². The van der Waals surface area contributed by atoms with E-state index in [1.54, 1.807) is 66.3 Å². The summed E-state index contributed by atoms with van der Waals surface area (Å²) in [5.41, 5.74) is 3.41. The molecule has 8 nitrogen and oxygen atoms in total. The van der Waals surface area contributed by atoms with E-state index in [-0.39, 0.29) is 18.1 Å². The number of hydrogen-bond acceptors (Lipinski definition) is 5. The van der Waals surface area contributed by atoms with Crippen molar-refractivity contribution in [2.45, 2.75) is 19.8 Å². The molecule has 0 spiro atoms. The topological polar surface area (TPSA) is 111 Å². The lowest BCUT2D eigenvalue weighted by Gasteiger charge is -2.09. The monoisotopic (exact) mass is 457 g/mol. The summed E-state index contributed by atoms with van der Waals surface area (Å²) in [6.07, 6.45) is 5.77. The molecule has 0 aliphatic rings. The number of anilines is 1. The highest BCUT2D eigenvalue weighted by Gasteiger charge is 2.17. The minimum absolute atomic E-state index is 0.109. The lowest BCUT2D eigenvalue weighted by atomic mass is 10.1. The van der Waals surface area contributed by atoms with Crippen LogP contribution in [0.3, 0.4) is 0 Å². The number of aryl methyl sites for hydroxylation is 1.